The standard InChI is InChI=1S/C25H40N2O2/c1-21(2)9-6-10-22(3)11-7-12-23(4)13-8-14-24(5)19-25(29)27-17-15-26(20-28)16-18-27/h9,11,13,19-20H,6-8,10,12,14-18H2,1-5H3. The van der Waals surface area contributed by atoms with Crippen molar-refractivity contribution in [2.75, 3.05) is 26.2 Å². The van der Waals surface area contributed by atoms with Crippen LogP contribution < -0.4 is 0 Å². The molecule has 0 aromatic heterocycles. The van der Waals surface area contributed by atoms with Gasteiger partial charge in [-0.3, -0.25) is 9.59 Å². The zero-order valence-corrected chi connectivity index (χ0v) is 19.2. The number of rotatable bonds is 11. The monoisotopic (exact) mass is 400 g/mol. The number of piperazine rings is 1. The normalized spacial score (nSPS) is 16.1. The summed E-state index contributed by atoms with van der Waals surface area (Å²) in [4.78, 5) is 26.6. The fraction of sp³-hybridized carbons (Fsp3) is 0.600. The minimum atomic E-state index is 0.0717. The van der Waals surface area contributed by atoms with Crippen molar-refractivity contribution in [2.45, 2.75) is 73.1 Å². The molecule has 0 unspecified atom stereocenters. The molecule has 29 heavy (non-hydrogen) atoms. The molecule has 1 fully saturated rings. The molecule has 0 aromatic rings. The smallest absolute Gasteiger partial charge is 0.246 e. The van der Waals surface area contributed by atoms with Gasteiger partial charge in [-0.05, 0) is 73.1 Å². The highest BCUT2D eigenvalue weighted by Gasteiger charge is 2.18. The second-order valence-corrected chi connectivity index (χ2v) is 8.46. The second-order valence-electron chi connectivity index (χ2n) is 8.46. The lowest BCUT2D eigenvalue weighted by Crippen LogP contribution is -2.47. The van der Waals surface area contributed by atoms with Crippen molar-refractivity contribution < 1.29 is 9.59 Å². The van der Waals surface area contributed by atoms with Crippen LogP contribution >= 0.6 is 0 Å². The lowest BCUT2D eigenvalue weighted by atomic mass is 10.0. The number of nitrogens with zero attached hydrogens (tertiary/aromatic N) is 2. The summed E-state index contributed by atoms with van der Waals surface area (Å²) in [5, 5.41) is 0. The third-order valence-corrected chi connectivity index (χ3v) is 5.30. The van der Waals surface area contributed by atoms with E-state index in [1.165, 1.54) is 16.7 Å². The molecule has 0 saturated carbocycles. The predicted octanol–water partition coefficient (Wildman–Crippen LogP) is 5.43. The van der Waals surface area contributed by atoms with Gasteiger partial charge in [-0.25, -0.2) is 0 Å². The van der Waals surface area contributed by atoms with E-state index in [4.69, 9.17) is 0 Å². The van der Waals surface area contributed by atoms with Crippen LogP contribution in [-0.2, 0) is 9.59 Å². The molecule has 0 bridgehead atoms. The maximum absolute atomic E-state index is 12.3. The molecule has 1 aliphatic rings. The fourth-order valence-corrected chi connectivity index (χ4v) is 3.31. The van der Waals surface area contributed by atoms with Crippen LogP contribution in [0.2, 0.25) is 0 Å². The number of allylic oxidation sites excluding steroid dienone is 7. The van der Waals surface area contributed by atoms with Gasteiger partial charge in [0.15, 0.2) is 0 Å². The van der Waals surface area contributed by atoms with Crippen molar-refractivity contribution in [3.05, 3.63) is 46.6 Å². The summed E-state index contributed by atoms with van der Waals surface area (Å²) in [6.45, 7) is 13.3. The van der Waals surface area contributed by atoms with Crippen molar-refractivity contribution in [1.82, 2.24) is 9.80 Å². The number of hydrogen-bond acceptors (Lipinski definition) is 2. The first-order valence-corrected chi connectivity index (χ1v) is 10.9. The SMILES string of the molecule is CC(C)=CCCC(C)=CCCC(C)=CCCC(C)=CC(=O)N1CCN(C=O)CC1. The average Bonchev–Trinajstić information content (AvgIpc) is 2.67. The molecule has 1 heterocycles. The van der Waals surface area contributed by atoms with E-state index in [0.717, 1.165) is 50.5 Å². The third-order valence-electron chi connectivity index (χ3n) is 5.30. The highest BCUT2D eigenvalue weighted by molar-refractivity contribution is 5.88. The largest absolute Gasteiger partial charge is 0.342 e. The van der Waals surface area contributed by atoms with Crippen molar-refractivity contribution in [2.24, 2.45) is 0 Å². The summed E-state index contributed by atoms with van der Waals surface area (Å²) in [6.07, 6.45) is 16.0. The molecule has 0 spiro atoms. The van der Waals surface area contributed by atoms with Crippen molar-refractivity contribution in [1.29, 1.82) is 0 Å². The summed E-state index contributed by atoms with van der Waals surface area (Å²) >= 11 is 0. The summed E-state index contributed by atoms with van der Waals surface area (Å²) < 4.78 is 0. The van der Waals surface area contributed by atoms with Gasteiger partial charge in [0.05, 0.1) is 0 Å². The fourth-order valence-electron chi connectivity index (χ4n) is 3.31. The van der Waals surface area contributed by atoms with E-state index < -0.39 is 0 Å². The second kappa shape index (κ2) is 14.0. The van der Waals surface area contributed by atoms with Gasteiger partial charge >= 0.3 is 0 Å². The third kappa shape index (κ3) is 11.5. The van der Waals surface area contributed by atoms with Gasteiger partial charge in [0, 0.05) is 32.3 Å². The molecule has 0 radical (unpaired) electrons. The summed E-state index contributed by atoms with van der Waals surface area (Å²) in [7, 11) is 0. The van der Waals surface area contributed by atoms with Crippen LogP contribution in [-0.4, -0.2) is 48.3 Å². The number of hydrogen-bond donors (Lipinski definition) is 0. The summed E-state index contributed by atoms with van der Waals surface area (Å²) in [5.74, 6) is 0.0717. The Kier molecular flexibility index (Phi) is 12.0. The first-order chi connectivity index (χ1) is 13.8. The van der Waals surface area contributed by atoms with E-state index in [1.807, 2.05) is 11.8 Å². The van der Waals surface area contributed by atoms with E-state index in [2.05, 4.69) is 45.9 Å². The van der Waals surface area contributed by atoms with Crippen LogP contribution in [0.3, 0.4) is 0 Å². The summed E-state index contributed by atoms with van der Waals surface area (Å²) in [6, 6.07) is 0. The lowest BCUT2D eigenvalue weighted by molar-refractivity contribution is -0.130. The number of amides is 2. The molecule has 0 N–H and O–H groups in total. The Morgan fingerprint density at radius 1 is 0.724 bits per heavy atom. The number of carbonyl (C=O) groups is 2. The molecular weight excluding hydrogens is 360 g/mol. The minimum Gasteiger partial charge on any atom is -0.342 e. The molecule has 1 saturated heterocycles. The summed E-state index contributed by atoms with van der Waals surface area (Å²) in [5.41, 5.74) is 5.40. The molecular formula is C25H40N2O2. The van der Waals surface area contributed by atoms with Gasteiger partial charge in [-0.1, -0.05) is 40.5 Å². The topological polar surface area (TPSA) is 40.6 Å². The van der Waals surface area contributed by atoms with Crippen LogP contribution in [0.4, 0.5) is 0 Å². The van der Waals surface area contributed by atoms with Crippen LogP contribution in [0.15, 0.2) is 46.6 Å². The molecule has 0 atom stereocenters. The molecule has 4 heteroatoms. The van der Waals surface area contributed by atoms with Gasteiger partial charge in [0.2, 0.25) is 12.3 Å². The first kappa shape index (κ1) is 24.9. The van der Waals surface area contributed by atoms with Crippen LogP contribution in [0.1, 0.15) is 73.1 Å². The molecule has 2 amide bonds. The van der Waals surface area contributed by atoms with E-state index in [-0.39, 0.29) is 5.91 Å². The first-order valence-electron chi connectivity index (χ1n) is 10.9. The Labute approximate surface area is 178 Å². The van der Waals surface area contributed by atoms with Gasteiger partial charge < -0.3 is 9.80 Å². The van der Waals surface area contributed by atoms with Crippen LogP contribution in [0.25, 0.3) is 0 Å². The zero-order valence-electron chi connectivity index (χ0n) is 19.2. The molecule has 0 aliphatic carbocycles. The van der Waals surface area contributed by atoms with E-state index in [1.54, 1.807) is 11.0 Å². The van der Waals surface area contributed by atoms with E-state index in [9.17, 15) is 9.59 Å². The molecule has 1 rings (SSSR count). The quantitative estimate of drug-likeness (QED) is 0.263. The predicted molar refractivity (Wildman–Crippen MR) is 123 cm³/mol. The zero-order chi connectivity index (χ0) is 21.6. The minimum absolute atomic E-state index is 0.0717. The molecule has 0 aromatic carbocycles. The number of carbonyl (C=O) groups excluding carboxylic acids is 2. The Morgan fingerprint density at radius 3 is 1.69 bits per heavy atom. The van der Waals surface area contributed by atoms with Crippen LogP contribution in [0, 0.1) is 0 Å². The van der Waals surface area contributed by atoms with Crippen molar-refractivity contribution >= 4 is 12.3 Å². The maximum atomic E-state index is 12.3. The maximum Gasteiger partial charge on any atom is 0.246 e. The van der Waals surface area contributed by atoms with Gasteiger partial charge in [0.25, 0.3) is 0 Å². The molecule has 162 valence electrons. The van der Waals surface area contributed by atoms with Crippen molar-refractivity contribution in [3.8, 4) is 0 Å². The molecule has 4 nitrogen and oxygen atoms in total. The average molecular weight is 401 g/mol. The Morgan fingerprint density at radius 2 is 1.21 bits per heavy atom. The van der Waals surface area contributed by atoms with Gasteiger partial charge in [-0.15, -0.1) is 0 Å². The highest BCUT2D eigenvalue weighted by atomic mass is 16.2. The lowest BCUT2D eigenvalue weighted by Gasteiger charge is -2.32. The molecule has 1 aliphatic heterocycles. The Hall–Kier alpha value is -2.10. The van der Waals surface area contributed by atoms with Crippen LogP contribution in [0.5, 0.6) is 0 Å². The van der Waals surface area contributed by atoms with Gasteiger partial charge in [0.1, 0.15) is 0 Å². The van der Waals surface area contributed by atoms with Gasteiger partial charge in [-0.2, -0.15) is 0 Å². The Bertz CT molecular complexity index is 644. The van der Waals surface area contributed by atoms with Crippen molar-refractivity contribution in [3.63, 3.8) is 0 Å². The highest BCUT2D eigenvalue weighted by Crippen LogP contribution is 2.14. The van der Waals surface area contributed by atoms with E-state index in [0.29, 0.717) is 26.2 Å². The Balaban J connectivity index is 2.30. The van der Waals surface area contributed by atoms with E-state index >= 15 is 0 Å².